The van der Waals surface area contributed by atoms with Crippen LogP contribution in [0.3, 0.4) is 0 Å². The molecule has 1 heterocycles. The fourth-order valence-corrected chi connectivity index (χ4v) is 4.30. The molecule has 1 aromatic carbocycles. The van der Waals surface area contributed by atoms with E-state index in [2.05, 4.69) is 0 Å². The number of sulfonamides is 1. The third-order valence-electron chi connectivity index (χ3n) is 4.08. The highest BCUT2D eigenvalue weighted by molar-refractivity contribution is 7.89. The second kappa shape index (κ2) is 7.83. The number of nitrogens with two attached hydrogens (primary N) is 1. The van der Waals surface area contributed by atoms with Crippen LogP contribution in [-0.2, 0) is 10.0 Å². The summed E-state index contributed by atoms with van der Waals surface area (Å²) >= 11 is 0. The highest BCUT2D eigenvalue weighted by atomic mass is 35.5. The number of hydrogen-bond acceptors (Lipinski definition) is 4. The summed E-state index contributed by atoms with van der Waals surface area (Å²) in [4.78, 5) is 0.323. The first-order chi connectivity index (χ1) is 10.2. The molecular formula is C16H27ClN2O3S. The Balaban J connectivity index is 0.00000264. The average Bonchev–Trinajstić information content (AvgIpc) is 2.43. The number of aryl methyl sites for hydroxylation is 1. The van der Waals surface area contributed by atoms with Crippen LogP contribution < -0.4 is 10.5 Å². The van der Waals surface area contributed by atoms with Crippen molar-refractivity contribution in [2.24, 2.45) is 11.7 Å². The molecule has 2 atom stereocenters. The number of hydrogen-bond donors (Lipinski definition) is 1. The van der Waals surface area contributed by atoms with Gasteiger partial charge < -0.3 is 10.5 Å². The van der Waals surface area contributed by atoms with Crippen molar-refractivity contribution in [1.82, 2.24) is 4.31 Å². The second-order valence-corrected chi connectivity index (χ2v) is 8.32. The Hall–Kier alpha value is -0.820. The van der Waals surface area contributed by atoms with Crippen molar-refractivity contribution in [3.63, 3.8) is 0 Å². The molecule has 0 radical (unpaired) electrons. The summed E-state index contributed by atoms with van der Waals surface area (Å²) in [6, 6.07) is 5.13. The van der Waals surface area contributed by atoms with Crippen molar-refractivity contribution in [3.05, 3.63) is 23.8 Å². The summed E-state index contributed by atoms with van der Waals surface area (Å²) in [5.74, 6) is 0.899. The van der Waals surface area contributed by atoms with Crippen molar-refractivity contribution < 1.29 is 13.2 Å². The van der Waals surface area contributed by atoms with Crippen LogP contribution in [0.25, 0.3) is 0 Å². The molecule has 2 unspecified atom stereocenters. The van der Waals surface area contributed by atoms with Crippen molar-refractivity contribution in [2.75, 3.05) is 13.1 Å². The van der Waals surface area contributed by atoms with E-state index in [0.717, 1.165) is 11.3 Å². The van der Waals surface area contributed by atoms with Gasteiger partial charge in [-0.25, -0.2) is 8.42 Å². The van der Waals surface area contributed by atoms with E-state index in [1.54, 1.807) is 22.5 Å². The van der Waals surface area contributed by atoms with Crippen molar-refractivity contribution in [1.29, 1.82) is 0 Å². The number of halogens is 1. The molecule has 0 amide bonds. The van der Waals surface area contributed by atoms with Gasteiger partial charge in [0.1, 0.15) is 5.75 Å². The van der Waals surface area contributed by atoms with E-state index in [0.29, 0.717) is 24.4 Å². The van der Waals surface area contributed by atoms with Gasteiger partial charge in [0, 0.05) is 19.1 Å². The van der Waals surface area contributed by atoms with Crippen molar-refractivity contribution in [3.8, 4) is 5.75 Å². The van der Waals surface area contributed by atoms with Gasteiger partial charge in [-0.1, -0.05) is 6.92 Å². The lowest BCUT2D eigenvalue weighted by molar-refractivity contribution is 0.240. The Morgan fingerprint density at radius 1 is 1.35 bits per heavy atom. The Bertz CT molecular complexity index is 634. The molecule has 2 N–H and O–H groups in total. The van der Waals surface area contributed by atoms with E-state index < -0.39 is 10.0 Å². The maximum atomic E-state index is 12.8. The minimum Gasteiger partial charge on any atom is -0.491 e. The molecule has 5 nitrogen and oxygen atoms in total. The fourth-order valence-electron chi connectivity index (χ4n) is 2.66. The number of rotatable bonds is 4. The van der Waals surface area contributed by atoms with Crippen LogP contribution in [0.1, 0.15) is 32.8 Å². The van der Waals surface area contributed by atoms with E-state index in [4.69, 9.17) is 10.5 Å². The summed E-state index contributed by atoms with van der Waals surface area (Å²) in [5, 5.41) is 0. The van der Waals surface area contributed by atoms with E-state index in [1.807, 2.05) is 27.7 Å². The van der Waals surface area contributed by atoms with Gasteiger partial charge in [-0.15, -0.1) is 12.4 Å². The van der Waals surface area contributed by atoms with Gasteiger partial charge in [0.15, 0.2) is 0 Å². The first-order valence-electron chi connectivity index (χ1n) is 7.75. The maximum Gasteiger partial charge on any atom is 0.243 e. The molecule has 0 saturated carbocycles. The van der Waals surface area contributed by atoms with Crippen LogP contribution in [0.2, 0.25) is 0 Å². The minimum atomic E-state index is -3.46. The molecule has 132 valence electrons. The fraction of sp³-hybridized carbons (Fsp3) is 0.625. The van der Waals surface area contributed by atoms with Gasteiger partial charge in [-0.2, -0.15) is 4.31 Å². The molecule has 23 heavy (non-hydrogen) atoms. The van der Waals surface area contributed by atoms with Crippen molar-refractivity contribution >= 4 is 22.4 Å². The molecule has 0 aromatic heterocycles. The molecule has 7 heteroatoms. The monoisotopic (exact) mass is 362 g/mol. The van der Waals surface area contributed by atoms with E-state index >= 15 is 0 Å². The van der Waals surface area contributed by atoms with Crippen molar-refractivity contribution in [2.45, 2.75) is 51.2 Å². The zero-order valence-electron chi connectivity index (χ0n) is 14.2. The molecule has 1 aliphatic rings. The summed E-state index contributed by atoms with van der Waals surface area (Å²) in [6.07, 6.45) is 0.763. The molecule has 1 saturated heterocycles. The lowest BCUT2D eigenvalue weighted by Crippen LogP contribution is -2.48. The first kappa shape index (κ1) is 20.2. The Labute approximate surface area is 145 Å². The third-order valence-corrected chi connectivity index (χ3v) is 5.94. The normalized spacial score (nSPS) is 22.7. The average molecular weight is 363 g/mol. The predicted molar refractivity (Wildman–Crippen MR) is 94.7 cm³/mol. The van der Waals surface area contributed by atoms with Crippen LogP contribution >= 0.6 is 12.4 Å². The maximum absolute atomic E-state index is 12.8. The van der Waals surface area contributed by atoms with Gasteiger partial charge in [0.05, 0.1) is 11.0 Å². The number of benzene rings is 1. The number of nitrogens with zero attached hydrogens (tertiary/aromatic N) is 1. The SMILES string of the molecule is Cc1cc(S(=O)(=O)N2CCC(N)C(C)C2)ccc1OC(C)C.Cl. The van der Waals surface area contributed by atoms with Crippen LogP contribution in [-0.4, -0.2) is 38.0 Å². The Morgan fingerprint density at radius 2 is 2.00 bits per heavy atom. The molecule has 1 fully saturated rings. The van der Waals surface area contributed by atoms with Gasteiger partial charge in [0.25, 0.3) is 0 Å². The molecule has 0 aliphatic carbocycles. The van der Waals surface area contributed by atoms with Gasteiger partial charge in [-0.05, 0) is 56.9 Å². The minimum absolute atomic E-state index is 0. The largest absolute Gasteiger partial charge is 0.491 e. The molecule has 0 bridgehead atoms. The topological polar surface area (TPSA) is 72.6 Å². The number of piperidine rings is 1. The summed E-state index contributed by atoms with van der Waals surface area (Å²) in [7, 11) is -3.46. The molecule has 1 aliphatic heterocycles. The highest BCUT2D eigenvalue weighted by Crippen LogP contribution is 2.27. The van der Waals surface area contributed by atoms with Gasteiger partial charge in [0.2, 0.25) is 10.0 Å². The van der Waals surface area contributed by atoms with Gasteiger partial charge >= 0.3 is 0 Å². The predicted octanol–water partition coefficient (Wildman–Crippen LogP) is 2.56. The lowest BCUT2D eigenvalue weighted by atomic mass is 9.96. The number of ether oxygens (including phenoxy) is 1. The molecule has 1 aromatic rings. The lowest BCUT2D eigenvalue weighted by Gasteiger charge is -2.34. The van der Waals surface area contributed by atoms with Crippen LogP contribution in [0.5, 0.6) is 5.75 Å². The zero-order chi connectivity index (χ0) is 16.5. The first-order valence-corrected chi connectivity index (χ1v) is 9.19. The van der Waals surface area contributed by atoms with Crippen LogP contribution in [0.15, 0.2) is 23.1 Å². The van der Waals surface area contributed by atoms with E-state index in [-0.39, 0.29) is 30.5 Å². The Kier molecular flexibility index (Phi) is 6.89. The summed E-state index contributed by atoms with van der Waals surface area (Å²) < 4.78 is 32.7. The second-order valence-electron chi connectivity index (χ2n) is 6.39. The molecule has 0 spiro atoms. The van der Waals surface area contributed by atoms with Gasteiger partial charge in [-0.3, -0.25) is 0 Å². The van der Waals surface area contributed by atoms with E-state index in [9.17, 15) is 8.42 Å². The third kappa shape index (κ3) is 4.59. The van der Waals surface area contributed by atoms with E-state index in [1.165, 1.54) is 0 Å². The molecular weight excluding hydrogens is 336 g/mol. The standard InChI is InChI=1S/C16H26N2O3S.ClH/c1-11(2)21-16-6-5-14(9-12(16)3)22(19,20)18-8-7-15(17)13(4)10-18;/h5-6,9,11,13,15H,7-8,10,17H2,1-4H3;1H. The highest BCUT2D eigenvalue weighted by Gasteiger charge is 2.32. The summed E-state index contributed by atoms with van der Waals surface area (Å²) in [6.45, 7) is 8.72. The molecule has 2 rings (SSSR count). The zero-order valence-corrected chi connectivity index (χ0v) is 15.8. The van der Waals surface area contributed by atoms with Crippen LogP contribution in [0.4, 0.5) is 0 Å². The van der Waals surface area contributed by atoms with Crippen LogP contribution in [0, 0.1) is 12.8 Å². The quantitative estimate of drug-likeness (QED) is 0.893. The smallest absolute Gasteiger partial charge is 0.243 e. The Morgan fingerprint density at radius 3 is 2.52 bits per heavy atom. The summed E-state index contributed by atoms with van der Waals surface area (Å²) in [5.41, 5.74) is 6.80.